The van der Waals surface area contributed by atoms with E-state index >= 15 is 0 Å². The number of hydrogen-bond donors (Lipinski definition) is 3. The number of aromatic amines is 1. The monoisotopic (exact) mass is 267 g/mol. The lowest BCUT2D eigenvalue weighted by molar-refractivity contribution is -0.151. The number of nitrogens with one attached hydrogen (secondary N) is 2. The highest BCUT2D eigenvalue weighted by Crippen LogP contribution is 2.19. The Balaban J connectivity index is 1.63. The van der Waals surface area contributed by atoms with Gasteiger partial charge in [-0.25, -0.2) is 9.78 Å². The fourth-order valence-electron chi connectivity index (χ4n) is 2.03. The van der Waals surface area contributed by atoms with Crippen LogP contribution in [0.25, 0.3) is 0 Å². The Morgan fingerprint density at radius 2 is 2.26 bits per heavy atom. The fraction of sp³-hybridized carbons (Fsp3) is 0.583. The van der Waals surface area contributed by atoms with Crippen molar-refractivity contribution in [3.05, 3.63) is 18.2 Å². The second-order valence-electron chi connectivity index (χ2n) is 4.46. The molecule has 1 fully saturated rings. The van der Waals surface area contributed by atoms with Gasteiger partial charge in [0.2, 0.25) is 5.91 Å². The molecule has 0 saturated carbocycles. The summed E-state index contributed by atoms with van der Waals surface area (Å²) in [5.41, 5.74) is 0. The average molecular weight is 267 g/mol. The summed E-state index contributed by atoms with van der Waals surface area (Å²) in [6, 6.07) is 0. The van der Waals surface area contributed by atoms with Crippen molar-refractivity contribution in [1.82, 2.24) is 15.3 Å². The van der Waals surface area contributed by atoms with Crippen LogP contribution in [0.3, 0.4) is 0 Å². The highest BCUT2D eigenvalue weighted by Gasteiger charge is 2.34. The van der Waals surface area contributed by atoms with Gasteiger partial charge in [0.25, 0.3) is 0 Å². The number of amides is 1. The fourth-order valence-corrected chi connectivity index (χ4v) is 2.03. The Labute approximate surface area is 110 Å². The van der Waals surface area contributed by atoms with Crippen LogP contribution in [0.2, 0.25) is 0 Å². The predicted molar refractivity (Wildman–Crippen MR) is 65.4 cm³/mol. The van der Waals surface area contributed by atoms with Gasteiger partial charge in [-0.05, 0) is 19.3 Å². The average Bonchev–Trinajstić information content (AvgIpc) is 3.05. The highest BCUT2D eigenvalue weighted by atomic mass is 16.5. The van der Waals surface area contributed by atoms with Crippen LogP contribution in [0, 0.1) is 0 Å². The molecule has 2 rings (SSSR count). The van der Waals surface area contributed by atoms with Crippen molar-refractivity contribution in [3.63, 3.8) is 0 Å². The largest absolute Gasteiger partial charge is 0.479 e. The number of aryl methyl sites for hydroxylation is 1. The summed E-state index contributed by atoms with van der Waals surface area (Å²) in [4.78, 5) is 29.5. The molecule has 7 nitrogen and oxygen atoms in total. The van der Waals surface area contributed by atoms with Gasteiger partial charge in [0.15, 0.2) is 6.10 Å². The topological polar surface area (TPSA) is 104 Å². The lowest BCUT2D eigenvalue weighted by atomic mass is 10.2. The number of aromatic nitrogens is 2. The van der Waals surface area contributed by atoms with Crippen LogP contribution < -0.4 is 5.32 Å². The van der Waals surface area contributed by atoms with Crippen LogP contribution in [0.1, 0.15) is 25.1 Å². The molecule has 2 heterocycles. The first-order valence-corrected chi connectivity index (χ1v) is 6.31. The minimum Gasteiger partial charge on any atom is -0.479 e. The quantitative estimate of drug-likeness (QED) is 0.634. The SMILES string of the molecule is O=C(O)C1CCC(C(=O)NCCCc2ncc[nH]2)O1. The molecule has 0 aromatic carbocycles. The van der Waals surface area contributed by atoms with Gasteiger partial charge in [-0.1, -0.05) is 0 Å². The zero-order valence-electron chi connectivity index (χ0n) is 10.5. The van der Waals surface area contributed by atoms with Crippen molar-refractivity contribution in [2.24, 2.45) is 0 Å². The summed E-state index contributed by atoms with van der Waals surface area (Å²) in [6.07, 6.45) is 4.34. The molecule has 104 valence electrons. The smallest absolute Gasteiger partial charge is 0.332 e. The molecule has 1 aromatic heterocycles. The third-order valence-corrected chi connectivity index (χ3v) is 3.03. The minimum absolute atomic E-state index is 0.233. The van der Waals surface area contributed by atoms with Gasteiger partial charge in [-0.2, -0.15) is 0 Å². The van der Waals surface area contributed by atoms with Crippen LogP contribution >= 0.6 is 0 Å². The molecule has 0 aliphatic carbocycles. The highest BCUT2D eigenvalue weighted by molar-refractivity contribution is 5.82. The van der Waals surface area contributed by atoms with E-state index in [0.29, 0.717) is 19.4 Å². The molecule has 1 saturated heterocycles. The van der Waals surface area contributed by atoms with E-state index in [1.165, 1.54) is 0 Å². The normalized spacial score (nSPS) is 22.3. The van der Waals surface area contributed by atoms with Gasteiger partial charge in [0, 0.05) is 25.4 Å². The van der Waals surface area contributed by atoms with E-state index in [0.717, 1.165) is 18.7 Å². The molecule has 0 spiro atoms. The zero-order valence-corrected chi connectivity index (χ0v) is 10.5. The van der Waals surface area contributed by atoms with Gasteiger partial charge in [-0.15, -0.1) is 0 Å². The van der Waals surface area contributed by atoms with E-state index in [9.17, 15) is 9.59 Å². The number of ether oxygens (including phenoxy) is 1. The Kier molecular flexibility index (Phi) is 4.51. The second kappa shape index (κ2) is 6.33. The van der Waals surface area contributed by atoms with Crippen LogP contribution in [0.5, 0.6) is 0 Å². The molecular formula is C12H17N3O4. The molecule has 0 bridgehead atoms. The molecule has 1 amide bonds. The summed E-state index contributed by atoms with van der Waals surface area (Å²) < 4.78 is 5.16. The van der Waals surface area contributed by atoms with Crippen molar-refractivity contribution in [2.75, 3.05) is 6.54 Å². The number of imidazole rings is 1. The number of rotatable bonds is 6. The summed E-state index contributed by atoms with van der Waals surface area (Å²) in [5.74, 6) is -0.353. The molecule has 0 radical (unpaired) electrons. The first kappa shape index (κ1) is 13.5. The molecule has 19 heavy (non-hydrogen) atoms. The third-order valence-electron chi connectivity index (χ3n) is 3.03. The standard InChI is InChI=1S/C12H17N3O4/c16-11(8-3-4-9(19-8)12(17)18)15-5-1-2-10-13-6-7-14-10/h6-9H,1-5H2,(H,13,14)(H,15,16)(H,17,18). The van der Waals surface area contributed by atoms with Crippen molar-refractivity contribution >= 4 is 11.9 Å². The summed E-state index contributed by atoms with van der Waals surface area (Å²) in [6.45, 7) is 0.525. The van der Waals surface area contributed by atoms with E-state index < -0.39 is 18.2 Å². The van der Waals surface area contributed by atoms with E-state index in [-0.39, 0.29) is 5.91 Å². The predicted octanol–water partition coefficient (Wildman–Crippen LogP) is 0.0907. The van der Waals surface area contributed by atoms with E-state index in [4.69, 9.17) is 9.84 Å². The Bertz CT molecular complexity index is 432. The molecule has 2 unspecified atom stereocenters. The molecule has 1 aliphatic heterocycles. The molecule has 1 aliphatic rings. The molecule has 3 N–H and O–H groups in total. The minimum atomic E-state index is -1.01. The molecular weight excluding hydrogens is 250 g/mol. The lowest BCUT2D eigenvalue weighted by Gasteiger charge is -2.11. The molecule has 2 atom stereocenters. The number of carboxylic acids is 1. The van der Waals surface area contributed by atoms with Crippen molar-refractivity contribution in [3.8, 4) is 0 Å². The van der Waals surface area contributed by atoms with Gasteiger partial charge < -0.3 is 20.1 Å². The van der Waals surface area contributed by atoms with Crippen LogP contribution in [0.4, 0.5) is 0 Å². The van der Waals surface area contributed by atoms with Crippen molar-refractivity contribution < 1.29 is 19.4 Å². The van der Waals surface area contributed by atoms with E-state index in [1.54, 1.807) is 12.4 Å². The number of carbonyl (C=O) groups excluding carboxylic acids is 1. The number of carboxylic acid groups (broad SMARTS) is 1. The lowest BCUT2D eigenvalue weighted by Crippen LogP contribution is -2.36. The number of aliphatic carboxylic acids is 1. The number of nitrogens with zero attached hydrogens (tertiary/aromatic N) is 1. The van der Waals surface area contributed by atoms with E-state index in [2.05, 4.69) is 15.3 Å². The van der Waals surface area contributed by atoms with E-state index in [1.807, 2.05) is 0 Å². The van der Waals surface area contributed by atoms with Gasteiger partial charge >= 0.3 is 5.97 Å². The Morgan fingerprint density at radius 3 is 2.89 bits per heavy atom. The maximum Gasteiger partial charge on any atom is 0.332 e. The van der Waals surface area contributed by atoms with Crippen molar-refractivity contribution in [2.45, 2.75) is 37.9 Å². The molecule has 7 heteroatoms. The van der Waals surface area contributed by atoms with Crippen LogP contribution in [-0.4, -0.2) is 45.7 Å². The van der Waals surface area contributed by atoms with Crippen molar-refractivity contribution in [1.29, 1.82) is 0 Å². The van der Waals surface area contributed by atoms with Gasteiger partial charge in [0.1, 0.15) is 11.9 Å². The first-order valence-electron chi connectivity index (χ1n) is 6.31. The zero-order chi connectivity index (χ0) is 13.7. The number of H-pyrrole nitrogens is 1. The second-order valence-corrected chi connectivity index (χ2v) is 4.46. The maximum absolute atomic E-state index is 11.7. The molecule has 1 aromatic rings. The number of hydrogen-bond acceptors (Lipinski definition) is 4. The summed E-state index contributed by atoms with van der Waals surface area (Å²) >= 11 is 0. The number of carbonyl (C=O) groups is 2. The maximum atomic E-state index is 11.7. The summed E-state index contributed by atoms with van der Waals surface area (Å²) in [7, 11) is 0. The first-order chi connectivity index (χ1) is 9.16. The van der Waals surface area contributed by atoms with Crippen LogP contribution in [-0.2, 0) is 20.7 Å². The van der Waals surface area contributed by atoms with Gasteiger partial charge in [-0.3, -0.25) is 4.79 Å². The summed E-state index contributed by atoms with van der Waals surface area (Å²) in [5, 5.41) is 11.5. The third kappa shape index (κ3) is 3.78. The van der Waals surface area contributed by atoms with Gasteiger partial charge in [0.05, 0.1) is 0 Å². The Morgan fingerprint density at radius 1 is 1.47 bits per heavy atom. The van der Waals surface area contributed by atoms with Crippen LogP contribution in [0.15, 0.2) is 12.4 Å². The Hall–Kier alpha value is -1.89.